The normalized spacial score (nSPS) is 9.71. The van der Waals surface area contributed by atoms with Crippen LogP contribution in [0.15, 0.2) is 24.3 Å². The van der Waals surface area contributed by atoms with Crippen LogP contribution in [-0.2, 0) is 0 Å². The predicted octanol–water partition coefficient (Wildman–Crippen LogP) is -1.17. The molecule has 0 heterocycles. The number of carbonyl (C=O) groups excluding carboxylic acids is 1. The fraction of sp³-hybridized carbons (Fsp3) is 0.125. The monoisotopic (exact) mass is 195 g/mol. The first-order chi connectivity index (χ1) is 6.52. The van der Waals surface area contributed by atoms with Crippen LogP contribution in [0.4, 0.5) is 0 Å². The van der Waals surface area contributed by atoms with Gasteiger partial charge in [-0.1, -0.05) is 12.1 Å². The topological polar surface area (TPSA) is 81.0 Å². The van der Waals surface area contributed by atoms with E-state index < -0.39 is 13.0 Å². The third-order valence-corrected chi connectivity index (χ3v) is 1.75. The molecule has 0 atom stereocenters. The summed E-state index contributed by atoms with van der Waals surface area (Å²) in [5.41, 5.74) is 0.571. The number of amides is 1. The van der Waals surface area contributed by atoms with Crippen LogP contribution in [-0.4, -0.2) is 40.4 Å². The molecule has 3 N–H and O–H groups in total. The van der Waals surface area contributed by atoms with Crippen molar-refractivity contribution in [3.63, 3.8) is 0 Å². The smallest absolute Gasteiger partial charge is 0.423 e. The van der Waals surface area contributed by atoms with Crippen molar-refractivity contribution in [1.29, 1.82) is 0 Å². The van der Waals surface area contributed by atoms with Gasteiger partial charge in [0, 0.05) is 12.6 Å². The van der Waals surface area contributed by atoms with Crippen molar-refractivity contribution in [3.05, 3.63) is 29.8 Å². The SMILES string of the molecule is CN(O)C(=O)c1ccc(B(O)O)cc1. The highest BCUT2D eigenvalue weighted by Gasteiger charge is 2.13. The summed E-state index contributed by atoms with van der Waals surface area (Å²) in [5, 5.41) is 26.8. The molecule has 0 aromatic heterocycles. The Hall–Kier alpha value is -1.37. The molecule has 1 rings (SSSR count). The first-order valence-electron chi connectivity index (χ1n) is 3.95. The van der Waals surface area contributed by atoms with Crippen LogP contribution in [0.5, 0.6) is 0 Å². The Morgan fingerprint density at radius 1 is 1.29 bits per heavy atom. The van der Waals surface area contributed by atoms with E-state index in [1.54, 1.807) is 0 Å². The van der Waals surface area contributed by atoms with Crippen LogP contribution in [0.3, 0.4) is 0 Å². The maximum atomic E-state index is 11.2. The van der Waals surface area contributed by atoms with Crippen LogP contribution in [0.2, 0.25) is 0 Å². The molecule has 1 aromatic rings. The molecule has 0 radical (unpaired) electrons. The Bertz CT molecular complexity index is 323. The van der Waals surface area contributed by atoms with Gasteiger partial charge < -0.3 is 10.0 Å². The highest BCUT2D eigenvalue weighted by Crippen LogP contribution is 2.00. The van der Waals surface area contributed by atoms with Gasteiger partial charge in [0.25, 0.3) is 5.91 Å². The molecular weight excluding hydrogens is 185 g/mol. The first-order valence-corrected chi connectivity index (χ1v) is 3.95. The third kappa shape index (κ3) is 2.32. The molecule has 1 amide bonds. The summed E-state index contributed by atoms with van der Waals surface area (Å²) in [5.74, 6) is -0.552. The number of rotatable bonds is 2. The molecule has 1 aromatic carbocycles. The van der Waals surface area contributed by atoms with E-state index in [1.165, 1.54) is 31.3 Å². The zero-order valence-corrected chi connectivity index (χ0v) is 7.58. The van der Waals surface area contributed by atoms with Gasteiger partial charge in [0.2, 0.25) is 0 Å². The fourth-order valence-corrected chi connectivity index (χ4v) is 0.985. The molecule has 5 nitrogen and oxygen atoms in total. The Kier molecular flexibility index (Phi) is 3.24. The van der Waals surface area contributed by atoms with E-state index in [-0.39, 0.29) is 5.56 Å². The van der Waals surface area contributed by atoms with Gasteiger partial charge in [-0.2, -0.15) is 0 Å². The van der Waals surface area contributed by atoms with E-state index in [4.69, 9.17) is 15.3 Å². The van der Waals surface area contributed by atoms with Crippen LogP contribution >= 0.6 is 0 Å². The van der Waals surface area contributed by atoms with E-state index in [9.17, 15) is 4.79 Å². The number of hydrogen-bond acceptors (Lipinski definition) is 4. The summed E-state index contributed by atoms with van der Waals surface area (Å²) < 4.78 is 0. The minimum absolute atomic E-state index is 0.277. The molecule has 6 heteroatoms. The molecule has 0 aliphatic carbocycles. The van der Waals surface area contributed by atoms with E-state index in [0.29, 0.717) is 10.5 Å². The molecule has 0 aliphatic heterocycles. The minimum Gasteiger partial charge on any atom is -0.423 e. The maximum Gasteiger partial charge on any atom is 0.488 e. The Labute approximate surface area is 81.3 Å². The van der Waals surface area contributed by atoms with Crippen molar-refractivity contribution in [2.75, 3.05) is 7.05 Å². The Morgan fingerprint density at radius 2 is 1.79 bits per heavy atom. The van der Waals surface area contributed by atoms with Gasteiger partial charge in [0.15, 0.2) is 0 Å². The zero-order valence-electron chi connectivity index (χ0n) is 7.58. The predicted molar refractivity (Wildman–Crippen MR) is 50.1 cm³/mol. The standard InChI is InChI=1S/C8H10BNO4/c1-10(14)8(11)6-2-4-7(5-3-6)9(12)13/h2-5,12-14H,1H3. The lowest BCUT2D eigenvalue weighted by molar-refractivity contribution is -0.0374. The molecular formula is C8H10BNO4. The van der Waals surface area contributed by atoms with Crippen LogP contribution in [0.1, 0.15) is 10.4 Å². The van der Waals surface area contributed by atoms with Crippen LogP contribution in [0, 0.1) is 0 Å². The van der Waals surface area contributed by atoms with Crippen molar-refractivity contribution < 1.29 is 20.0 Å². The number of hydrogen-bond donors (Lipinski definition) is 3. The van der Waals surface area contributed by atoms with Crippen molar-refractivity contribution in [2.45, 2.75) is 0 Å². The average Bonchev–Trinajstić information content (AvgIpc) is 2.16. The number of benzene rings is 1. The average molecular weight is 195 g/mol. The van der Waals surface area contributed by atoms with Gasteiger partial charge in [0.1, 0.15) is 0 Å². The second-order valence-electron chi connectivity index (χ2n) is 2.82. The lowest BCUT2D eigenvalue weighted by Crippen LogP contribution is -2.30. The summed E-state index contributed by atoms with van der Waals surface area (Å²) in [6.07, 6.45) is 0. The van der Waals surface area contributed by atoms with Gasteiger partial charge in [-0.3, -0.25) is 10.0 Å². The second kappa shape index (κ2) is 4.23. The number of nitrogens with zero attached hydrogens (tertiary/aromatic N) is 1. The van der Waals surface area contributed by atoms with E-state index in [2.05, 4.69) is 0 Å². The molecule has 0 fully saturated rings. The summed E-state index contributed by atoms with van der Waals surface area (Å²) in [4.78, 5) is 11.2. The lowest BCUT2D eigenvalue weighted by Gasteiger charge is -2.08. The molecule has 0 spiro atoms. The third-order valence-electron chi connectivity index (χ3n) is 1.75. The van der Waals surface area contributed by atoms with Crippen LogP contribution < -0.4 is 5.46 Å². The first kappa shape index (κ1) is 10.7. The van der Waals surface area contributed by atoms with Gasteiger partial charge in [0.05, 0.1) is 0 Å². The van der Waals surface area contributed by atoms with Crippen LogP contribution in [0.25, 0.3) is 0 Å². The zero-order chi connectivity index (χ0) is 10.7. The fourth-order valence-electron chi connectivity index (χ4n) is 0.985. The largest absolute Gasteiger partial charge is 0.488 e. The number of carbonyl (C=O) groups is 1. The summed E-state index contributed by atoms with van der Waals surface area (Å²) in [7, 11) is -0.331. The Balaban J connectivity index is 2.89. The van der Waals surface area contributed by atoms with Crippen molar-refractivity contribution in [1.82, 2.24) is 5.06 Å². The van der Waals surface area contributed by atoms with Crippen molar-refractivity contribution in [2.24, 2.45) is 0 Å². The van der Waals surface area contributed by atoms with E-state index in [1.807, 2.05) is 0 Å². The molecule has 0 saturated heterocycles. The van der Waals surface area contributed by atoms with Gasteiger partial charge >= 0.3 is 7.12 Å². The molecule has 0 saturated carbocycles. The van der Waals surface area contributed by atoms with E-state index in [0.717, 1.165) is 0 Å². The molecule has 14 heavy (non-hydrogen) atoms. The minimum atomic E-state index is -1.55. The maximum absolute atomic E-state index is 11.2. The Morgan fingerprint density at radius 3 is 2.14 bits per heavy atom. The molecule has 0 bridgehead atoms. The van der Waals surface area contributed by atoms with Gasteiger partial charge in [-0.25, -0.2) is 5.06 Å². The molecule has 0 aliphatic rings. The van der Waals surface area contributed by atoms with E-state index >= 15 is 0 Å². The highest BCUT2D eigenvalue weighted by molar-refractivity contribution is 6.58. The highest BCUT2D eigenvalue weighted by atomic mass is 16.5. The summed E-state index contributed by atoms with van der Waals surface area (Å²) in [6.45, 7) is 0. The van der Waals surface area contributed by atoms with Gasteiger partial charge in [-0.05, 0) is 17.6 Å². The molecule has 74 valence electrons. The summed E-state index contributed by atoms with van der Waals surface area (Å²) >= 11 is 0. The molecule has 0 unspecified atom stereocenters. The van der Waals surface area contributed by atoms with Gasteiger partial charge in [-0.15, -0.1) is 0 Å². The number of hydroxylamine groups is 2. The van der Waals surface area contributed by atoms with Crippen molar-refractivity contribution >= 4 is 18.5 Å². The second-order valence-corrected chi connectivity index (χ2v) is 2.82. The quantitative estimate of drug-likeness (QED) is 0.315. The lowest BCUT2D eigenvalue weighted by atomic mass is 9.80. The van der Waals surface area contributed by atoms with Crippen molar-refractivity contribution in [3.8, 4) is 0 Å². The summed E-state index contributed by atoms with van der Waals surface area (Å²) in [6, 6.07) is 5.62.